The number of hydrogen-bond acceptors (Lipinski definition) is 2. The Labute approximate surface area is 181 Å². The standard InChI is InChI=1S/C25H24ClN3O/c1-16-10-11-23-20(14-16)18(15-28-23)12-13-27-25(30)19-6-3-4-8-24(19)29-22-9-5-7-21(26)17(22)2/h3-11,14-15,28-29H,12-13H2,1-2H3,(H,27,30). The molecule has 0 unspecified atom stereocenters. The van der Waals surface area contributed by atoms with Gasteiger partial charge in [0.2, 0.25) is 0 Å². The molecule has 0 atom stereocenters. The van der Waals surface area contributed by atoms with Gasteiger partial charge in [0.1, 0.15) is 0 Å². The van der Waals surface area contributed by atoms with Gasteiger partial charge in [-0.2, -0.15) is 0 Å². The monoisotopic (exact) mass is 417 g/mol. The lowest BCUT2D eigenvalue weighted by Gasteiger charge is -2.14. The number of fused-ring (bicyclic) bond motifs is 1. The number of aromatic nitrogens is 1. The number of carbonyl (C=O) groups is 1. The van der Waals surface area contributed by atoms with Gasteiger partial charge in [-0.3, -0.25) is 4.79 Å². The Hall–Kier alpha value is -3.24. The molecule has 4 rings (SSSR count). The molecule has 0 aliphatic heterocycles. The van der Waals surface area contributed by atoms with E-state index in [-0.39, 0.29) is 5.91 Å². The number of carbonyl (C=O) groups excluding carboxylic acids is 1. The average Bonchev–Trinajstić information content (AvgIpc) is 3.14. The number of aromatic amines is 1. The van der Waals surface area contributed by atoms with Crippen LogP contribution in [0.15, 0.2) is 66.9 Å². The van der Waals surface area contributed by atoms with Crippen LogP contribution in [0.1, 0.15) is 27.0 Å². The van der Waals surface area contributed by atoms with Crippen LogP contribution in [0.2, 0.25) is 5.02 Å². The quantitative estimate of drug-likeness (QED) is 0.352. The van der Waals surface area contributed by atoms with Gasteiger partial charge in [0.05, 0.1) is 11.3 Å². The summed E-state index contributed by atoms with van der Waals surface area (Å²) in [5, 5.41) is 8.30. The summed E-state index contributed by atoms with van der Waals surface area (Å²) in [4.78, 5) is 16.2. The summed E-state index contributed by atoms with van der Waals surface area (Å²) in [5.41, 5.74) is 6.74. The molecule has 30 heavy (non-hydrogen) atoms. The van der Waals surface area contributed by atoms with Crippen molar-refractivity contribution in [2.45, 2.75) is 20.3 Å². The minimum absolute atomic E-state index is 0.103. The molecule has 0 spiro atoms. The highest BCUT2D eigenvalue weighted by atomic mass is 35.5. The van der Waals surface area contributed by atoms with E-state index in [0.29, 0.717) is 17.1 Å². The van der Waals surface area contributed by atoms with Crippen LogP contribution >= 0.6 is 11.6 Å². The molecule has 0 aliphatic carbocycles. The van der Waals surface area contributed by atoms with E-state index in [9.17, 15) is 4.79 Å². The first-order valence-electron chi connectivity index (χ1n) is 9.99. The second-order valence-electron chi connectivity index (χ2n) is 7.45. The third kappa shape index (κ3) is 4.19. The number of rotatable bonds is 6. The van der Waals surface area contributed by atoms with Crippen molar-refractivity contribution in [2.24, 2.45) is 0 Å². The van der Waals surface area contributed by atoms with Crippen molar-refractivity contribution in [1.82, 2.24) is 10.3 Å². The minimum Gasteiger partial charge on any atom is -0.361 e. The molecular weight excluding hydrogens is 394 g/mol. The van der Waals surface area contributed by atoms with Gasteiger partial charge >= 0.3 is 0 Å². The first kappa shape index (κ1) is 20.0. The van der Waals surface area contributed by atoms with E-state index in [1.165, 1.54) is 16.5 Å². The molecule has 0 fully saturated rings. The Bertz CT molecular complexity index is 1210. The highest BCUT2D eigenvalue weighted by Gasteiger charge is 2.12. The number of anilines is 2. The largest absolute Gasteiger partial charge is 0.361 e. The van der Waals surface area contributed by atoms with Crippen LogP contribution in [0.4, 0.5) is 11.4 Å². The second-order valence-corrected chi connectivity index (χ2v) is 7.86. The summed E-state index contributed by atoms with van der Waals surface area (Å²) in [5.74, 6) is -0.103. The first-order valence-corrected chi connectivity index (χ1v) is 10.4. The van der Waals surface area contributed by atoms with Gasteiger partial charge in [0.25, 0.3) is 5.91 Å². The lowest BCUT2D eigenvalue weighted by Crippen LogP contribution is -2.26. The van der Waals surface area contributed by atoms with Crippen molar-refractivity contribution >= 4 is 39.8 Å². The number of H-pyrrole nitrogens is 1. The third-order valence-electron chi connectivity index (χ3n) is 5.31. The maximum absolute atomic E-state index is 12.9. The van der Waals surface area contributed by atoms with Crippen molar-refractivity contribution in [3.05, 3.63) is 94.1 Å². The van der Waals surface area contributed by atoms with Crippen LogP contribution in [-0.4, -0.2) is 17.4 Å². The first-order chi connectivity index (χ1) is 14.5. The van der Waals surface area contributed by atoms with Gasteiger partial charge in [-0.25, -0.2) is 0 Å². The van der Waals surface area contributed by atoms with Gasteiger partial charge in [0.15, 0.2) is 0 Å². The number of hydrogen-bond donors (Lipinski definition) is 3. The van der Waals surface area contributed by atoms with Crippen molar-refractivity contribution < 1.29 is 4.79 Å². The van der Waals surface area contributed by atoms with E-state index in [4.69, 9.17) is 11.6 Å². The van der Waals surface area contributed by atoms with E-state index in [2.05, 4.69) is 40.7 Å². The predicted octanol–water partition coefficient (Wildman–Crippen LogP) is 6.15. The van der Waals surface area contributed by atoms with Gasteiger partial charge in [-0.15, -0.1) is 0 Å². The van der Waals surface area contributed by atoms with E-state index in [1.54, 1.807) is 0 Å². The van der Waals surface area contributed by atoms with Crippen LogP contribution in [0, 0.1) is 13.8 Å². The second kappa shape index (κ2) is 8.64. The summed E-state index contributed by atoms with van der Waals surface area (Å²) in [6.07, 6.45) is 2.78. The molecule has 0 saturated heterocycles. The van der Waals surface area contributed by atoms with Crippen molar-refractivity contribution in [3.63, 3.8) is 0 Å². The fourth-order valence-electron chi connectivity index (χ4n) is 3.58. The van der Waals surface area contributed by atoms with Gasteiger partial charge in [0, 0.05) is 34.4 Å². The van der Waals surface area contributed by atoms with Crippen molar-refractivity contribution in [2.75, 3.05) is 11.9 Å². The van der Waals surface area contributed by atoms with E-state index in [1.807, 2.05) is 55.6 Å². The molecule has 0 saturated carbocycles. The minimum atomic E-state index is -0.103. The highest BCUT2D eigenvalue weighted by Crippen LogP contribution is 2.28. The fourth-order valence-corrected chi connectivity index (χ4v) is 3.76. The molecule has 0 bridgehead atoms. The van der Waals surface area contributed by atoms with Crippen LogP contribution in [0.5, 0.6) is 0 Å². The number of nitrogens with one attached hydrogen (secondary N) is 3. The summed E-state index contributed by atoms with van der Waals surface area (Å²) < 4.78 is 0. The fraction of sp³-hybridized carbons (Fsp3) is 0.160. The zero-order chi connectivity index (χ0) is 21.1. The molecule has 1 aromatic heterocycles. The van der Waals surface area contributed by atoms with Crippen LogP contribution in [0.3, 0.4) is 0 Å². The van der Waals surface area contributed by atoms with Crippen LogP contribution in [0.25, 0.3) is 10.9 Å². The Morgan fingerprint density at radius 2 is 1.80 bits per heavy atom. The van der Waals surface area contributed by atoms with Gasteiger partial charge < -0.3 is 15.6 Å². The molecule has 3 aromatic carbocycles. The van der Waals surface area contributed by atoms with E-state index < -0.39 is 0 Å². The molecule has 5 heteroatoms. The summed E-state index contributed by atoms with van der Waals surface area (Å²) in [6, 6.07) is 19.6. The Kier molecular flexibility index (Phi) is 5.77. The Balaban J connectivity index is 1.46. The molecule has 152 valence electrons. The number of aryl methyl sites for hydroxylation is 1. The summed E-state index contributed by atoms with van der Waals surface area (Å²) in [7, 11) is 0. The summed E-state index contributed by atoms with van der Waals surface area (Å²) in [6.45, 7) is 4.60. The number of halogens is 1. The van der Waals surface area contributed by atoms with Crippen molar-refractivity contribution in [1.29, 1.82) is 0 Å². The molecule has 1 heterocycles. The number of amides is 1. The number of para-hydroxylation sites is 1. The maximum Gasteiger partial charge on any atom is 0.253 e. The Morgan fingerprint density at radius 1 is 1.00 bits per heavy atom. The zero-order valence-electron chi connectivity index (χ0n) is 17.1. The van der Waals surface area contributed by atoms with E-state index in [0.717, 1.165) is 28.9 Å². The van der Waals surface area contributed by atoms with E-state index >= 15 is 0 Å². The number of benzene rings is 3. The van der Waals surface area contributed by atoms with Crippen LogP contribution in [-0.2, 0) is 6.42 Å². The van der Waals surface area contributed by atoms with Gasteiger partial charge in [-0.1, -0.05) is 41.4 Å². The topological polar surface area (TPSA) is 56.9 Å². The Morgan fingerprint density at radius 3 is 2.67 bits per heavy atom. The molecule has 3 N–H and O–H groups in total. The lowest BCUT2D eigenvalue weighted by molar-refractivity contribution is 0.0955. The molecule has 1 amide bonds. The van der Waals surface area contributed by atoms with Crippen LogP contribution < -0.4 is 10.6 Å². The van der Waals surface area contributed by atoms with Crippen molar-refractivity contribution in [3.8, 4) is 0 Å². The average molecular weight is 418 g/mol. The SMILES string of the molecule is Cc1ccc2[nH]cc(CCNC(=O)c3ccccc3Nc3cccc(Cl)c3C)c2c1. The van der Waals surface area contributed by atoms with Gasteiger partial charge in [-0.05, 0) is 67.8 Å². The highest BCUT2D eigenvalue weighted by molar-refractivity contribution is 6.31. The molecule has 4 nitrogen and oxygen atoms in total. The lowest BCUT2D eigenvalue weighted by atomic mass is 10.1. The molecule has 0 aliphatic rings. The summed E-state index contributed by atoms with van der Waals surface area (Å²) >= 11 is 6.23. The molecular formula is C25H24ClN3O. The zero-order valence-corrected chi connectivity index (χ0v) is 17.8. The third-order valence-corrected chi connectivity index (χ3v) is 5.72. The normalized spacial score (nSPS) is 10.9. The predicted molar refractivity (Wildman–Crippen MR) is 125 cm³/mol. The smallest absolute Gasteiger partial charge is 0.253 e. The maximum atomic E-state index is 12.9. The molecule has 4 aromatic rings. The molecule has 0 radical (unpaired) electrons.